The average Bonchev–Trinajstić information content (AvgIpc) is 3.34. The lowest BCUT2D eigenvalue weighted by Gasteiger charge is -2.21. The number of aryl methyl sites for hydroxylation is 1. The highest BCUT2D eigenvalue weighted by molar-refractivity contribution is 5.83. The van der Waals surface area contributed by atoms with Crippen molar-refractivity contribution in [3.63, 3.8) is 0 Å². The number of hydrogen-bond donors (Lipinski definition) is 2. The van der Waals surface area contributed by atoms with Crippen LogP contribution in [0.5, 0.6) is 11.5 Å². The Hall–Kier alpha value is -2.54. The number of likely N-dealkylation sites (N-methyl/N-ethyl adjacent to an activating group) is 1. The van der Waals surface area contributed by atoms with Crippen molar-refractivity contribution in [1.82, 2.24) is 20.4 Å². The molecule has 0 aliphatic heterocycles. The quantitative estimate of drug-likeness (QED) is 0.729. The van der Waals surface area contributed by atoms with Gasteiger partial charge in [0.05, 0.1) is 25.5 Å². The molecule has 1 heterocycles. The van der Waals surface area contributed by atoms with Gasteiger partial charge in [0.25, 0.3) is 0 Å². The fraction of sp³-hybridized carbons (Fsp3) is 0.524. The summed E-state index contributed by atoms with van der Waals surface area (Å²) in [4.78, 5) is 12.8. The van der Waals surface area contributed by atoms with Gasteiger partial charge < -0.3 is 20.1 Å². The maximum atomic E-state index is 12.8. The highest BCUT2D eigenvalue weighted by atomic mass is 16.5. The minimum atomic E-state index is -0.456. The van der Waals surface area contributed by atoms with E-state index in [1.165, 1.54) is 12.8 Å². The van der Waals surface area contributed by atoms with E-state index >= 15 is 0 Å². The highest BCUT2D eigenvalue weighted by Gasteiger charge is 2.23. The number of carbonyl (C=O) groups is 1. The lowest BCUT2D eigenvalue weighted by Crippen LogP contribution is -2.37. The number of methoxy groups -OCH3 is 1. The molecule has 1 fully saturated rings. The van der Waals surface area contributed by atoms with Crippen LogP contribution in [-0.2, 0) is 11.8 Å². The van der Waals surface area contributed by atoms with Crippen molar-refractivity contribution in [3.05, 3.63) is 41.7 Å². The number of amides is 1. The Bertz CT molecular complexity index is 799. The molecule has 2 N–H and O–H groups in total. The van der Waals surface area contributed by atoms with Crippen LogP contribution in [0.3, 0.4) is 0 Å². The van der Waals surface area contributed by atoms with Crippen LogP contribution in [0, 0.1) is 0 Å². The minimum absolute atomic E-state index is 0.103. The first-order valence-corrected chi connectivity index (χ1v) is 9.82. The summed E-state index contributed by atoms with van der Waals surface area (Å²) < 4.78 is 13.3. The molecule has 1 saturated carbocycles. The summed E-state index contributed by atoms with van der Waals surface area (Å²) in [7, 11) is 5.24. The van der Waals surface area contributed by atoms with Gasteiger partial charge in [-0.15, -0.1) is 0 Å². The molecule has 2 unspecified atom stereocenters. The topological polar surface area (TPSA) is 77.4 Å². The van der Waals surface area contributed by atoms with Gasteiger partial charge in [0.1, 0.15) is 6.04 Å². The third kappa shape index (κ3) is 4.65. The molecule has 0 saturated heterocycles. The number of nitrogens with one attached hydrogen (secondary N) is 2. The van der Waals surface area contributed by atoms with Crippen LogP contribution in [-0.4, -0.2) is 35.9 Å². The van der Waals surface area contributed by atoms with E-state index in [4.69, 9.17) is 9.47 Å². The Kier molecular flexibility index (Phi) is 6.57. The van der Waals surface area contributed by atoms with Crippen LogP contribution in [0.2, 0.25) is 0 Å². The highest BCUT2D eigenvalue weighted by Crippen LogP contribution is 2.33. The van der Waals surface area contributed by atoms with Gasteiger partial charge in [-0.3, -0.25) is 9.48 Å². The van der Waals surface area contributed by atoms with Gasteiger partial charge in [0.2, 0.25) is 5.91 Å². The first-order valence-electron chi connectivity index (χ1n) is 9.82. The molecule has 1 aromatic carbocycles. The minimum Gasteiger partial charge on any atom is -0.493 e. The number of ether oxygens (including phenoxy) is 2. The van der Waals surface area contributed by atoms with Crippen LogP contribution in [0.4, 0.5) is 0 Å². The van der Waals surface area contributed by atoms with E-state index in [-0.39, 0.29) is 18.1 Å². The molecule has 0 spiro atoms. The molecule has 28 heavy (non-hydrogen) atoms. The van der Waals surface area contributed by atoms with Crippen LogP contribution in [0.25, 0.3) is 0 Å². The average molecular weight is 386 g/mol. The van der Waals surface area contributed by atoms with Crippen molar-refractivity contribution in [3.8, 4) is 11.5 Å². The SMILES string of the molecule is CNC(C(=O)NC(C)c1ccc(OC2CCCC2)c(OC)c1)c1cnn(C)c1. The Morgan fingerprint density at radius 1 is 1.25 bits per heavy atom. The zero-order valence-electron chi connectivity index (χ0n) is 17.1. The summed E-state index contributed by atoms with van der Waals surface area (Å²) in [5.74, 6) is 1.36. The Morgan fingerprint density at radius 2 is 2.00 bits per heavy atom. The number of hydrogen-bond acceptors (Lipinski definition) is 5. The van der Waals surface area contributed by atoms with Crippen LogP contribution in [0.15, 0.2) is 30.6 Å². The van der Waals surface area contributed by atoms with Crippen molar-refractivity contribution in [1.29, 1.82) is 0 Å². The van der Waals surface area contributed by atoms with Gasteiger partial charge in [-0.05, 0) is 57.4 Å². The molecular weight excluding hydrogens is 356 g/mol. The van der Waals surface area contributed by atoms with Crippen molar-refractivity contribution in [2.75, 3.05) is 14.2 Å². The molecule has 1 amide bonds. The summed E-state index contributed by atoms with van der Waals surface area (Å²) in [5.41, 5.74) is 1.79. The smallest absolute Gasteiger partial charge is 0.242 e. The summed E-state index contributed by atoms with van der Waals surface area (Å²) in [6.45, 7) is 1.96. The monoisotopic (exact) mass is 386 g/mol. The van der Waals surface area contributed by atoms with Gasteiger partial charge in [0.15, 0.2) is 11.5 Å². The van der Waals surface area contributed by atoms with Gasteiger partial charge >= 0.3 is 0 Å². The van der Waals surface area contributed by atoms with Gasteiger partial charge in [-0.2, -0.15) is 5.10 Å². The molecule has 7 nitrogen and oxygen atoms in total. The van der Waals surface area contributed by atoms with E-state index < -0.39 is 6.04 Å². The van der Waals surface area contributed by atoms with E-state index in [1.54, 1.807) is 25.0 Å². The van der Waals surface area contributed by atoms with E-state index in [9.17, 15) is 4.79 Å². The van der Waals surface area contributed by atoms with Gasteiger partial charge in [-0.25, -0.2) is 0 Å². The molecule has 152 valence electrons. The standard InChI is InChI=1S/C21H30N4O3/c1-14(24-21(26)20(22-2)16-12-23-25(3)13-16)15-9-10-18(19(11-15)27-4)28-17-7-5-6-8-17/h9-14,17,20,22H,5-8H2,1-4H3,(H,24,26). The maximum absolute atomic E-state index is 12.8. The van der Waals surface area contributed by atoms with Crippen molar-refractivity contribution < 1.29 is 14.3 Å². The third-order valence-corrected chi connectivity index (χ3v) is 5.25. The number of nitrogens with zero attached hydrogens (tertiary/aromatic N) is 2. The molecular formula is C21H30N4O3. The molecule has 1 aromatic heterocycles. The third-order valence-electron chi connectivity index (χ3n) is 5.25. The molecule has 0 bridgehead atoms. The summed E-state index contributed by atoms with van der Waals surface area (Å²) in [6, 6.07) is 5.23. The Labute approximate surface area is 166 Å². The first kappa shape index (κ1) is 20.2. The normalized spacial score (nSPS) is 16.6. The lowest BCUT2D eigenvalue weighted by atomic mass is 10.1. The molecule has 3 rings (SSSR count). The number of carbonyl (C=O) groups excluding carboxylic acids is 1. The largest absolute Gasteiger partial charge is 0.493 e. The Morgan fingerprint density at radius 3 is 2.61 bits per heavy atom. The summed E-state index contributed by atoms with van der Waals surface area (Å²) in [6.07, 6.45) is 8.43. The van der Waals surface area contributed by atoms with Crippen molar-refractivity contribution in [2.45, 2.75) is 50.8 Å². The molecule has 1 aliphatic rings. The summed E-state index contributed by atoms with van der Waals surface area (Å²) >= 11 is 0. The predicted molar refractivity (Wildman–Crippen MR) is 107 cm³/mol. The summed E-state index contributed by atoms with van der Waals surface area (Å²) in [5, 5.41) is 10.3. The molecule has 2 atom stereocenters. The second kappa shape index (κ2) is 9.10. The number of benzene rings is 1. The van der Waals surface area contributed by atoms with E-state index in [1.807, 2.05) is 38.4 Å². The van der Waals surface area contributed by atoms with Crippen LogP contribution < -0.4 is 20.1 Å². The number of rotatable bonds is 8. The Balaban J connectivity index is 1.68. The predicted octanol–water partition coefficient (Wildman–Crippen LogP) is 2.89. The van der Waals surface area contributed by atoms with Crippen LogP contribution in [0.1, 0.15) is 55.8 Å². The van der Waals surface area contributed by atoms with E-state index in [0.717, 1.165) is 29.7 Å². The van der Waals surface area contributed by atoms with Crippen LogP contribution >= 0.6 is 0 Å². The van der Waals surface area contributed by atoms with E-state index in [2.05, 4.69) is 15.7 Å². The van der Waals surface area contributed by atoms with Crippen molar-refractivity contribution >= 4 is 5.91 Å². The first-order chi connectivity index (χ1) is 13.5. The van der Waals surface area contributed by atoms with Crippen molar-refractivity contribution in [2.24, 2.45) is 7.05 Å². The second-order valence-corrected chi connectivity index (χ2v) is 7.33. The molecule has 0 radical (unpaired) electrons. The molecule has 7 heteroatoms. The maximum Gasteiger partial charge on any atom is 0.242 e. The second-order valence-electron chi connectivity index (χ2n) is 7.33. The lowest BCUT2D eigenvalue weighted by molar-refractivity contribution is -0.123. The zero-order chi connectivity index (χ0) is 20.1. The number of aromatic nitrogens is 2. The fourth-order valence-corrected chi connectivity index (χ4v) is 3.66. The van der Waals surface area contributed by atoms with Gasteiger partial charge in [-0.1, -0.05) is 6.07 Å². The molecule has 2 aromatic rings. The fourth-order valence-electron chi connectivity index (χ4n) is 3.66. The van der Waals surface area contributed by atoms with E-state index in [0.29, 0.717) is 5.75 Å². The van der Waals surface area contributed by atoms with Gasteiger partial charge in [0, 0.05) is 18.8 Å². The zero-order valence-corrected chi connectivity index (χ0v) is 17.1. The molecule has 1 aliphatic carbocycles.